The van der Waals surface area contributed by atoms with Crippen molar-refractivity contribution in [3.05, 3.63) is 35.5 Å². The highest BCUT2D eigenvalue weighted by atomic mass is 35.5. The molecule has 3 heterocycles. The zero-order valence-corrected chi connectivity index (χ0v) is 34.3. The van der Waals surface area contributed by atoms with Gasteiger partial charge in [-0.05, 0) is 76.3 Å². The number of allylic oxidation sites excluding steroid dienone is 1. The lowest BCUT2D eigenvalue weighted by Crippen LogP contribution is -2.59. The van der Waals surface area contributed by atoms with Crippen LogP contribution in [0.2, 0.25) is 5.15 Å². The number of methoxy groups -OCH3 is 1. The van der Waals surface area contributed by atoms with Gasteiger partial charge in [-0.2, -0.15) is 13.2 Å². The molecule has 3 fully saturated rings. The van der Waals surface area contributed by atoms with Gasteiger partial charge >= 0.3 is 12.3 Å². The summed E-state index contributed by atoms with van der Waals surface area (Å²) in [6, 6.07) is 2.10. The fourth-order valence-corrected chi connectivity index (χ4v) is 9.06. The van der Waals surface area contributed by atoms with Crippen LogP contribution in [-0.2, 0) is 29.1 Å². The van der Waals surface area contributed by atoms with Crippen LogP contribution in [0.1, 0.15) is 79.1 Å². The first kappa shape index (κ1) is 43.2. The zero-order valence-electron chi connectivity index (χ0n) is 32.7. The van der Waals surface area contributed by atoms with Crippen LogP contribution >= 0.6 is 11.6 Å². The lowest BCUT2D eigenvalue weighted by molar-refractivity contribution is -0.244. The number of sulfonamides is 1. The van der Waals surface area contributed by atoms with Crippen LogP contribution in [0.15, 0.2) is 30.4 Å². The monoisotopic (exact) mass is 856 g/mol. The maximum absolute atomic E-state index is 14.8. The first-order valence-corrected chi connectivity index (χ1v) is 21.2. The lowest BCUT2D eigenvalue weighted by atomic mass is 9.85. The third-order valence-electron chi connectivity index (χ3n) is 11.4. The van der Waals surface area contributed by atoms with Crippen molar-refractivity contribution in [3.63, 3.8) is 0 Å². The fourth-order valence-electron chi connectivity index (χ4n) is 7.52. The summed E-state index contributed by atoms with van der Waals surface area (Å²) in [5.41, 5.74) is -3.76. The molecule has 20 heteroatoms. The molecule has 0 radical (unpaired) electrons. The van der Waals surface area contributed by atoms with Crippen molar-refractivity contribution < 1.29 is 55.0 Å². The van der Waals surface area contributed by atoms with Crippen molar-refractivity contribution in [1.82, 2.24) is 30.2 Å². The van der Waals surface area contributed by atoms with Gasteiger partial charge in [-0.3, -0.25) is 19.1 Å². The van der Waals surface area contributed by atoms with Crippen molar-refractivity contribution in [1.29, 1.82) is 0 Å². The Labute approximate surface area is 339 Å². The van der Waals surface area contributed by atoms with Gasteiger partial charge in [0.25, 0.3) is 11.8 Å². The average molecular weight is 857 g/mol. The quantitative estimate of drug-likeness (QED) is 0.289. The standard InChI is InChI=1S/C38H48ClF3N6O9S/c1-6-21-15-20(2)9-7-8-10-22-18-37(22,34(51)47-58(53,54)25-12-13-25)46-31(49)28-17-24(56-32-30(39)43-26-14-11-23(55-5)16-27(26)44-32)19-48(28)33(50)29(21)45-35(52)57-36(3,4)38(40,41)42/h8,10-11,14,16,20-22,24-25,28-29H,6-7,9,12-13,15,17-19H2,1-5H3,(H,45,52)(H,46,49)(H,47,51). The van der Waals surface area contributed by atoms with Crippen molar-refractivity contribution in [3.8, 4) is 11.6 Å². The van der Waals surface area contributed by atoms with E-state index in [0.29, 0.717) is 69.2 Å². The minimum Gasteiger partial charge on any atom is -0.497 e. The number of fused-ring (bicyclic) bond motifs is 3. The summed E-state index contributed by atoms with van der Waals surface area (Å²) in [6.45, 7) is 4.81. The Kier molecular flexibility index (Phi) is 12.2. The van der Waals surface area contributed by atoms with Crippen LogP contribution in [0.3, 0.4) is 0 Å². The molecule has 1 aromatic heterocycles. The number of hydrogen-bond donors (Lipinski definition) is 3. The molecule has 3 N–H and O–H groups in total. The lowest BCUT2D eigenvalue weighted by Gasteiger charge is -2.35. The van der Waals surface area contributed by atoms with Gasteiger partial charge in [0.1, 0.15) is 29.5 Å². The van der Waals surface area contributed by atoms with E-state index in [1.165, 1.54) is 7.11 Å². The largest absolute Gasteiger partial charge is 0.497 e. The molecule has 318 valence electrons. The van der Waals surface area contributed by atoms with Crippen molar-refractivity contribution in [2.45, 2.75) is 120 Å². The molecular weight excluding hydrogens is 809 g/mol. The van der Waals surface area contributed by atoms with Crippen LogP contribution in [0.5, 0.6) is 11.6 Å². The normalized spacial score (nSPS) is 28.3. The van der Waals surface area contributed by atoms with Crippen molar-refractivity contribution >= 4 is 56.5 Å². The van der Waals surface area contributed by atoms with E-state index in [1.807, 2.05) is 13.0 Å². The molecule has 4 aliphatic rings. The summed E-state index contributed by atoms with van der Waals surface area (Å²) in [4.78, 5) is 66.3. The average Bonchev–Trinajstić information content (AvgIpc) is 4.07. The predicted octanol–water partition coefficient (Wildman–Crippen LogP) is 4.96. The second kappa shape index (κ2) is 16.3. The third-order valence-corrected chi connectivity index (χ3v) is 13.4. The molecule has 6 rings (SSSR count). The van der Waals surface area contributed by atoms with E-state index in [-0.39, 0.29) is 36.3 Å². The highest BCUT2D eigenvalue weighted by Gasteiger charge is 2.62. The number of benzene rings is 1. The number of nitrogens with one attached hydrogen (secondary N) is 3. The second-order valence-corrected chi connectivity index (χ2v) is 18.5. The molecule has 0 bridgehead atoms. The Morgan fingerprint density at radius 1 is 1.10 bits per heavy atom. The molecule has 2 aliphatic heterocycles. The van der Waals surface area contributed by atoms with Crippen LogP contribution < -0.4 is 24.8 Å². The zero-order chi connectivity index (χ0) is 42.4. The summed E-state index contributed by atoms with van der Waals surface area (Å²) >= 11 is 6.48. The third kappa shape index (κ3) is 9.24. The number of amides is 4. The molecule has 2 aromatic rings. The smallest absolute Gasteiger partial charge is 0.427 e. The summed E-state index contributed by atoms with van der Waals surface area (Å²) in [7, 11) is -2.52. The minimum atomic E-state index is -4.93. The van der Waals surface area contributed by atoms with Gasteiger partial charge in [0.15, 0.2) is 5.15 Å². The highest BCUT2D eigenvalue weighted by Crippen LogP contribution is 2.46. The topological polar surface area (TPSA) is 195 Å². The number of carbonyl (C=O) groups excluding carboxylic acids is 4. The summed E-state index contributed by atoms with van der Waals surface area (Å²) in [6.07, 6.45) is -1.22. The van der Waals surface area contributed by atoms with Gasteiger partial charge < -0.3 is 29.7 Å². The Hall–Kier alpha value is -4.39. The molecule has 7 unspecified atom stereocenters. The van der Waals surface area contributed by atoms with Crippen LogP contribution in [0.4, 0.5) is 18.0 Å². The molecular formula is C38H48ClF3N6O9S. The minimum absolute atomic E-state index is 0.0483. The molecule has 0 spiro atoms. The molecule has 2 aliphatic carbocycles. The first-order chi connectivity index (χ1) is 27.2. The van der Waals surface area contributed by atoms with Crippen LogP contribution in [0.25, 0.3) is 11.0 Å². The Morgan fingerprint density at radius 2 is 1.83 bits per heavy atom. The van der Waals surface area contributed by atoms with Crippen molar-refractivity contribution in [2.75, 3.05) is 13.7 Å². The molecule has 58 heavy (non-hydrogen) atoms. The van der Waals surface area contributed by atoms with Gasteiger partial charge in [0, 0.05) is 18.4 Å². The fraction of sp³-hybridized carbons (Fsp3) is 0.632. The summed E-state index contributed by atoms with van der Waals surface area (Å²) < 4.78 is 85.5. The van der Waals surface area contributed by atoms with E-state index >= 15 is 0 Å². The number of hydrogen-bond acceptors (Lipinski definition) is 11. The molecule has 1 aromatic carbocycles. The Balaban J connectivity index is 1.36. The molecule has 4 amide bonds. The van der Waals surface area contributed by atoms with E-state index in [2.05, 4.69) is 25.3 Å². The van der Waals surface area contributed by atoms with Gasteiger partial charge in [-0.15, -0.1) is 0 Å². The van der Waals surface area contributed by atoms with E-state index in [4.69, 9.17) is 25.8 Å². The number of rotatable bonds is 9. The number of ether oxygens (including phenoxy) is 3. The maximum Gasteiger partial charge on any atom is 0.427 e. The highest BCUT2D eigenvalue weighted by molar-refractivity contribution is 7.91. The first-order valence-electron chi connectivity index (χ1n) is 19.3. The maximum atomic E-state index is 14.8. The molecule has 2 saturated carbocycles. The number of alkyl carbamates (subject to hydrolysis) is 1. The van der Waals surface area contributed by atoms with Gasteiger partial charge in [0.05, 0.1) is 29.9 Å². The van der Waals surface area contributed by atoms with Gasteiger partial charge in [0.2, 0.25) is 27.4 Å². The molecule has 1 saturated heterocycles. The second-order valence-electron chi connectivity index (χ2n) is 16.1. The van der Waals surface area contributed by atoms with E-state index < -0.39 is 86.4 Å². The number of nitrogens with zero attached hydrogens (tertiary/aromatic N) is 3. The predicted molar refractivity (Wildman–Crippen MR) is 204 cm³/mol. The van der Waals surface area contributed by atoms with E-state index in [1.54, 1.807) is 31.2 Å². The van der Waals surface area contributed by atoms with Gasteiger partial charge in [-0.25, -0.2) is 23.2 Å². The van der Waals surface area contributed by atoms with E-state index in [9.17, 15) is 40.8 Å². The summed E-state index contributed by atoms with van der Waals surface area (Å²) in [5, 5.41) is 4.33. The molecule has 7 atom stereocenters. The molecule has 15 nitrogen and oxygen atoms in total. The number of carbonyl (C=O) groups is 4. The number of halogens is 4. The van der Waals surface area contributed by atoms with Crippen LogP contribution in [-0.4, -0.2) is 102 Å². The Morgan fingerprint density at radius 3 is 2.48 bits per heavy atom. The Bertz CT molecular complexity index is 2080. The SMILES string of the molecule is CCC1CC(C)CCC=CC2CC2(C(=O)NS(=O)(=O)C2CC2)NC(=O)C2CC(Oc3nc4cc(OC)ccc4nc3Cl)CN2C(=O)C1NC(=O)OC(C)(C)C(F)(F)F. The van der Waals surface area contributed by atoms with E-state index in [0.717, 1.165) is 4.90 Å². The number of alkyl halides is 3. The van der Waals surface area contributed by atoms with Crippen molar-refractivity contribution in [2.24, 2.45) is 17.8 Å². The van der Waals surface area contributed by atoms with Gasteiger partial charge in [-0.1, -0.05) is 44.0 Å². The summed E-state index contributed by atoms with van der Waals surface area (Å²) in [5.74, 6) is -3.38. The van der Waals surface area contributed by atoms with Crippen LogP contribution in [0, 0.1) is 17.8 Å². The number of aromatic nitrogens is 2.